The highest BCUT2D eigenvalue weighted by Crippen LogP contribution is 2.35. The first-order chi connectivity index (χ1) is 15.2. The largest absolute Gasteiger partial charge is 0.497 e. The summed E-state index contributed by atoms with van der Waals surface area (Å²) in [4.78, 5) is 10.4. The van der Waals surface area contributed by atoms with Gasteiger partial charge in [0.15, 0.2) is 0 Å². The Morgan fingerprint density at radius 3 is 2.68 bits per heavy atom. The van der Waals surface area contributed by atoms with Crippen molar-refractivity contribution in [3.05, 3.63) is 60.1 Å². The van der Waals surface area contributed by atoms with Gasteiger partial charge in [-0.25, -0.2) is 0 Å². The number of H-pyrrole nitrogens is 1. The molecule has 0 amide bonds. The van der Waals surface area contributed by atoms with Crippen LogP contribution in [-0.4, -0.2) is 47.3 Å². The van der Waals surface area contributed by atoms with Crippen molar-refractivity contribution < 1.29 is 14.0 Å². The molecule has 1 fully saturated rings. The summed E-state index contributed by atoms with van der Waals surface area (Å²) in [5, 5.41) is 5.41. The normalized spacial score (nSPS) is 15.4. The Morgan fingerprint density at radius 1 is 1.06 bits per heavy atom. The number of hydrogen-bond donors (Lipinski definition) is 1. The number of nitrogens with one attached hydrogen (secondary N) is 1. The van der Waals surface area contributed by atoms with Crippen LogP contribution in [0.3, 0.4) is 0 Å². The summed E-state index contributed by atoms with van der Waals surface area (Å²) in [7, 11) is 3.36. The lowest BCUT2D eigenvalue weighted by Crippen LogP contribution is -2.32. The van der Waals surface area contributed by atoms with Gasteiger partial charge in [-0.1, -0.05) is 17.3 Å². The SMILES string of the molecule is COc1cccc(-c2noc(CN3CCC(c4c[nH]c5ccc(OC)cc45)CC3)n2)c1. The minimum Gasteiger partial charge on any atom is -0.497 e. The van der Waals surface area contributed by atoms with Crippen LogP contribution in [0.15, 0.2) is 53.2 Å². The van der Waals surface area contributed by atoms with E-state index in [2.05, 4.69) is 38.4 Å². The minimum atomic E-state index is 0.534. The molecule has 1 aliphatic rings. The lowest BCUT2D eigenvalue weighted by molar-refractivity contribution is 0.181. The highest BCUT2D eigenvalue weighted by Gasteiger charge is 2.24. The van der Waals surface area contributed by atoms with Gasteiger partial charge in [0.2, 0.25) is 11.7 Å². The third-order valence-electron chi connectivity index (χ3n) is 6.10. The van der Waals surface area contributed by atoms with Gasteiger partial charge in [0.1, 0.15) is 11.5 Å². The Bertz CT molecular complexity index is 1170. The summed E-state index contributed by atoms with van der Waals surface area (Å²) in [6, 6.07) is 13.9. The second-order valence-electron chi connectivity index (χ2n) is 7.95. The first kappa shape index (κ1) is 19.6. The standard InChI is InChI=1S/C24H26N4O3/c1-29-18-5-3-4-17(12-18)24-26-23(31-27-24)15-28-10-8-16(9-11-28)21-14-25-22-7-6-19(30-2)13-20(21)22/h3-7,12-14,16,25H,8-11,15H2,1-2H3. The Labute approximate surface area is 181 Å². The molecular weight excluding hydrogens is 392 g/mol. The fourth-order valence-corrected chi connectivity index (χ4v) is 4.38. The van der Waals surface area contributed by atoms with E-state index in [1.54, 1.807) is 14.2 Å². The third kappa shape index (κ3) is 4.01. The number of ether oxygens (including phenoxy) is 2. The molecule has 1 aliphatic heterocycles. The molecule has 0 bridgehead atoms. The van der Waals surface area contributed by atoms with Crippen LogP contribution in [0.4, 0.5) is 0 Å². The van der Waals surface area contributed by atoms with Crippen molar-refractivity contribution in [2.75, 3.05) is 27.3 Å². The van der Waals surface area contributed by atoms with Crippen molar-refractivity contribution >= 4 is 10.9 Å². The summed E-state index contributed by atoms with van der Waals surface area (Å²) in [5.74, 6) is 3.45. The van der Waals surface area contributed by atoms with Crippen LogP contribution < -0.4 is 9.47 Å². The molecule has 0 aliphatic carbocycles. The van der Waals surface area contributed by atoms with E-state index in [-0.39, 0.29) is 0 Å². The number of methoxy groups -OCH3 is 2. The van der Waals surface area contributed by atoms with Gasteiger partial charge in [0, 0.05) is 22.7 Å². The quantitative estimate of drug-likeness (QED) is 0.493. The number of rotatable bonds is 6. The zero-order valence-electron chi connectivity index (χ0n) is 17.8. The maximum atomic E-state index is 5.52. The van der Waals surface area contributed by atoms with Crippen molar-refractivity contribution in [3.63, 3.8) is 0 Å². The maximum absolute atomic E-state index is 5.52. The van der Waals surface area contributed by atoms with E-state index < -0.39 is 0 Å². The zero-order chi connectivity index (χ0) is 21.2. The molecule has 2 aromatic heterocycles. The van der Waals surface area contributed by atoms with E-state index in [9.17, 15) is 0 Å². The summed E-state index contributed by atoms with van der Waals surface area (Å²) >= 11 is 0. The molecule has 2 aromatic carbocycles. The van der Waals surface area contributed by atoms with E-state index in [1.165, 1.54) is 10.9 Å². The van der Waals surface area contributed by atoms with Gasteiger partial charge in [-0.2, -0.15) is 4.98 Å². The molecule has 0 unspecified atom stereocenters. The Morgan fingerprint density at radius 2 is 1.87 bits per heavy atom. The summed E-state index contributed by atoms with van der Waals surface area (Å²) in [6.45, 7) is 2.67. The maximum Gasteiger partial charge on any atom is 0.241 e. The predicted octanol–water partition coefficient (Wildman–Crippen LogP) is 4.61. The van der Waals surface area contributed by atoms with Crippen molar-refractivity contribution in [2.24, 2.45) is 0 Å². The van der Waals surface area contributed by atoms with Crippen LogP contribution in [-0.2, 0) is 6.54 Å². The number of piperidine rings is 1. The third-order valence-corrected chi connectivity index (χ3v) is 6.10. The summed E-state index contributed by atoms with van der Waals surface area (Å²) in [5.41, 5.74) is 3.43. The molecule has 0 spiro atoms. The van der Waals surface area contributed by atoms with Crippen LogP contribution in [0.5, 0.6) is 11.5 Å². The molecule has 31 heavy (non-hydrogen) atoms. The summed E-state index contributed by atoms with van der Waals surface area (Å²) in [6.07, 6.45) is 4.35. The average Bonchev–Trinajstić information content (AvgIpc) is 3.46. The molecule has 4 aromatic rings. The van der Waals surface area contributed by atoms with E-state index in [1.807, 2.05) is 30.3 Å². The highest BCUT2D eigenvalue weighted by molar-refractivity contribution is 5.85. The molecular formula is C24H26N4O3. The molecule has 3 heterocycles. The Hall–Kier alpha value is -3.32. The van der Waals surface area contributed by atoms with Crippen molar-refractivity contribution in [1.82, 2.24) is 20.0 Å². The molecule has 7 heteroatoms. The van der Waals surface area contributed by atoms with Crippen molar-refractivity contribution in [2.45, 2.75) is 25.3 Å². The molecule has 1 N–H and O–H groups in total. The van der Waals surface area contributed by atoms with Crippen LogP contribution in [0.2, 0.25) is 0 Å². The van der Waals surface area contributed by atoms with Gasteiger partial charge >= 0.3 is 0 Å². The second kappa shape index (κ2) is 8.43. The van der Waals surface area contributed by atoms with Gasteiger partial charge in [-0.3, -0.25) is 4.90 Å². The van der Waals surface area contributed by atoms with E-state index >= 15 is 0 Å². The fraction of sp³-hybridized carbons (Fsp3) is 0.333. The molecule has 7 nitrogen and oxygen atoms in total. The first-order valence-corrected chi connectivity index (χ1v) is 10.6. The lowest BCUT2D eigenvalue weighted by atomic mass is 9.89. The van der Waals surface area contributed by atoms with Gasteiger partial charge in [-0.15, -0.1) is 0 Å². The first-order valence-electron chi connectivity index (χ1n) is 10.6. The monoisotopic (exact) mass is 418 g/mol. The van der Waals surface area contributed by atoms with Crippen LogP contribution in [0.25, 0.3) is 22.3 Å². The van der Waals surface area contributed by atoms with Crippen LogP contribution >= 0.6 is 0 Å². The molecule has 5 rings (SSSR count). The number of nitrogens with zero attached hydrogens (tertiary/aromatic N) is 3. The fourth-order valence-electron chi connectivity index (χ4n) is 4.38. The number of aromatic amines is 1. The van der Waals surface area contributed by atoms with E-state index in [0.29, 0.717) is 24.2 Å². The highest BCUT2D eigenvalue weighted by atomic mass is 16.5. The zero-order valence-corrected chi connectivity index (χ0v) is 17.8. The van der Waals surface area contributed by atoms with E-state index in [4.69, 9.17) is 14.0 Å². The van der Waals surface area contributed by atoms with Gasteiger partial charge in [0.25, 0.3) is 0 Å². The van der Waals surface area contributed by atoms with E-state index in [0.717, 1.165) is 48.5 Å². The van der Waals surface area contributed by atoms with Gasteiger partial charge in [-0.05, 0) is 67.7 Å². The number of benzene rings is 2. The van der Waals surface area contributed by atoms with Gasteiger partial charge < -0.3 is 19.0 Å². The Kier molecular flexibility index (Phi) is 5.34. The summed E-state index contributed by atoms with van der Waals surface area (Å²) < 4.78 is 16.2. The molecule has 0 saturated carbocycles. The predicted molar refractivity (Wildman–Crippen MR) is 118 cm³/mol. The van der Waals surface area contributed by atoms with Crippen LogP contribution in [0.1, 0.15) is 30.2 Å². The Balaban J connectivity index is 1.23. The molecule has 1 saturated heterocycles. The van der Waals surface area contributed by atoms with Gasteiger partial charge in [0.05, 0.1) is 20.8 Å². The molecule has 0 atom stereocenters. The lowest BCUT2D eigenvalue weighted by Gasteiger charge is -2.30. The second-order valence-corrected chi connectivity index (χ2v) is 7.95. The minimum absolute atomic E-state index is 0.534. The molecule has 0 radical (unpaired) electrons. The van der Waals surface area contributed by atoms with Crippen molar-refractivity contribution in [1.29, 1.82) is 0 Å². The average molecular weight is 418 g/mol. The van der Waals surface area contributed by atoms with Crippen LogP contribution in [0, 0.1) is 0 Å². The van der Waals surface area contributed by atoms with Crippen molar-refractivity contribution in [3.8, 4) is 22.9 Å². The topological polar surface area (TPSA) is 76.4 Å². The number of fused-ring (bicyclic) bond motifs is 1. The smallest absolute Gasteiger partial charge is 0.241 e. The molecule has 160 valence electrons. The number of likely N-dealkylation sites (tertiary alicyclic amines) is 1. The number of hydrogen-bond acceptors (Lipinski definition) is 6. The number of aromatic nitrogens is 3.